The predicted molar refractivity (Wildman–Crippen MR) is 81.4 cm³/mol. The van der Waals surface area contributed by atoms with E-state index in [9.17, 15) is 0 Å². The summed E-state index contributed by atoms with van der Waals surface area (Å²) < 4.78 is 6.03. The average Bonchev–Trinajstić information content (AvgIpc) is 2.96. The standard InChI is InChI=1S/C14H17ClN2OS/c1-14(5-2-6-19-14)13(17-16)12-8-9-7-10(15)3-4-11(9)18-12/h3-4,7-8,13,17H,2,5-6,16H2,1H3. The third-order valence-corrected chi connectivity index (χ3v) is 5.64. The summed E-state index contributed by atoms with van der Waals surface area (Å²) in [6, 6.07) is 7.72. The summed E-state index contributed by atoms with van der Waals surface area (Å²) in [5.41, 5.74) is 3.78. The van der Waals surface area contributed by atoms with Crippen molar-refractivity contribution in [3.05, 3.63) is 35.0 Å². The molecule has 3 N–H and O–H groups in total. The Hall–Kier alpha value is -0.680. The lowest BCUT2D eigenvalue weighted by molar-refractivity contribution is 0.359. The van der Waals surface area contributed by atoms with Crippen LogP contribution in [-0.2, 0) is 0 Å². The van der Waals surface area contributed by atoms with Crippen molar-refractivity contribution in [1.29, 1.82) is 0 Å². The van der Waals surface area contributed by atoms with Crippen molar-refractivity contribution in [3.63, 3.8) is 0 Å². The van der Waals surface area contributed by atoms with Gasteiger partial charge in [0.25, 0.3) is 0 Å². The van der Waals surface area contributed by atoms with Crippen LogP contribution in [0.15, 0.2) is 28.7 Å². The number of fused-ring (bicyclic) bond motifs is 1. The van der Waals surface area contributed by atoms with Gasteiger partial charge in [-0.25, -0.2) is 5.43 Å². The Morgan fingerprint density at radius 2 is 2.32 bits per heavy atom. The summed E-state index contributed by atoms with van der Waals surface area (Å²) in [6.07, 6.45) is 2.37. The van der Waals surface area contributed by atoms with E-state index in [1.807, 2.05) is 36.0 Å². The van der Waals surface area contributed by atoms with Gasteiger partial charge in [-0.2, -0.15) is 11.8 Å². The van der Waals surface area contributed by atoms with E-state index >= 15 is 0 Å². The highest BCUT2D eigenvalue weighted by molar-refractivity contribution is 8.00. The zero-order chi connectivity index (χ0) is 13.5. The fraction of sp³-hybridized carbons (Fsp3) is 0.429. The van der Waals surface area contributed by atoms with Gasteiger partial charge in [0.15, 0.2) is 0 Å². The van der Waals surface area contributed by atoms with Gasteiger partial charge in [0.2, 0.25) is 0 Å². The minimum absolute atomic E-state index is 0.0196. The number of hydrazine groups is 1. The first-order chi connectivity index (χ1) is 9.12. The number of rotatable bonds is 3. The Balaban J connectivity index is 2.01. The van der Waals surface area contributed by atoms with E-state index in [-0.39, 0.29) is 10.8 Å². The Kier molecular flexibility index (Phi) is 3.52. The lowest BCUT2D eigenvalue weighted by Gasteiger charge is -2.31. The maximum Gasteiger partial charge on any atom is 0.134 e. The molecule has 1 aromatic heterocycles. The molecule has 0 radical (unpaired) electrons. The van der Waals surface area contributed by atoms with Crippen LogP contribution in [0.1, 0.15) is 31.6 Å². The topological polar surface area (TPSA) is 51.2 Å². The molecular formula is C14H17ClN2OS. The Morgan fingerprint density at radius 1 is 1.47 bits per heavy atom. The van der Waals surface area contributed by atoms with Gasteiger partial charge in [-0.3, -0.25) is 5.84 Å². The largest absolute Gasteiger partial charge is 0.459 e. The summed E-state index contributed by atoms with van der Waals surface area (Å²) in [5, 5.41) is 1.74. The van der Waals surface area contributed by atoms with Crippen molar-refractivity contribution < 1.29 is 4.42 Å². The number of nitrogens with two attached hydrogens (primary N) is 1. The fourth-order valence-corrected chi connectivity index (χ4v) is 4.34. The van der Waals surface area contributed by atoms with Crippen molar-refractivity contribution in [1.82, 2.24) is 5.43 Å². The molecule has 0 spiro atoms. The van der Waals surface area contributed by atoms with E-state index in [1.54, 1.807) is 0 Å². The second-order valence-corrected chi connectivity index (χ2v) is 7.26. The molecule has 0 aliphatic carbocycles. The van der Waals surface area contributed by atoms with Crippen molar-refractivity contribution in [2.75, 3.05) is 5.75 Å². The average molecular weight is 297 g/mol. The third kappa shape index (κ3) is 2.38. The molecular weight excluding hydrogens is 280 g/mol. The highest BCUT2D eigenvalue weighted by Gasteiger charge is 2.40. The molecule has 0 bridgehead atoms. The Morgan fingerprint density at radius 3 is 3.00 bits per heavy atom. The van der Waals surface area contributed by atoms with Crippen LogP contribution in [-0.4, -0.2) is 10.5 Å². The molecule has 2 aromatic rings. The molecule has 1 aliphatic heterocycles. The second-order valence-electron chi connectivity index (χ2n) is 5.20. The van der Waals surface area contributed by atoms with Gasteiger partial charge in [-0.05, 0) is 49.8 Å². The van der Waals surface area contributed by atoms with Crippen molar-refractivity contribution in [2.45, 2.75) is 30.6 Å². The van der Waals surface area contributed by atoms with E-state index in [2.05, 4.69) is 12.3 Å². The molecule has 2 unspecified atom stereocenters. The van der Waals surface area contributed by atoms with Crippen LogP contribution in [0, 0.1) is 0 Å². The zero-order valence-electron chi connectivity index (χ0n) is 10.8. The molecule has 1 aliphatic rings. The summed E-state index contributed by atoms with van der Waals surface area (Å²) in [6.45, 7) is 2.25. The molecule has 1 aromatic carbocycles. The SMILES string of the molecule is CC1(C(NN)c2cc3cc(Cl)ccc3o2)CCCS1. The van der Waals surface area contributed by atoms with Gasteiger partial charge in [-0.1, -0.05) is 11.6 Å². The van der Waals surface area contributed by atoms with E-state index in [4.69, 9.17) is 21.9 Å². The molecule has 19 heavy (non-hydrogen) atoms. The van der Waals surface area contributed by atoms with Crippen LogP contribution in [0.3, 0.4) is 0 Å². The van der Waals surface area contributed by atoms with Crippen LogP contribution in [0.2, 0.25) is 5.02 Å². The van der Waals surface area contributed by atoms with Crippen LogP contribution in [0.4, 0.5) is 0 Å². The number of hydrogen-bond acceptors (Lipinski definition) is 4. The van der Waals surface area contributed by atoms with E-state index in [1.165, 1.54) is 12.2 Å². The van der Waals surface area contributed by atoms with Crippen molar-refractivity contribution in [3.8, 4) is 0 Å². The summed E-state index contributed by atoms with van der Waals surface area (Å²) >= 11 is 7.97. The van der Waals surface area contributed by atoms with E-state index in [0.29, 0.717) is 0 Å². The number of nitrogens with one attached hydrogen (secondary N) is 1. The van der Waals surface area contributed by atoms with Gasteiger partial charge in [-0.15, -0.1) is 0 Å². The number of furan rings is 1. The number of benzene rings is 1. The number of halogens is 1. The molecule has 2 heterocycles. The fourth-order valence-electron chi connectivity index (χ4n) is 2.76. The quantitative estimate of drug-likeness (QED) is 0.667. The molecule has 102 valence electrons. The Bertz CT molecular complexity index is 592. The molecule has 5 heteroatoms. The summed E-state index contributed by atoms with van der Waals surface area (Å²) in [4.78, 5) is 0. The van der Waals surface area contributed by atoms with E-state index in [0.717, 1.165) is 28.2 Å². The summed E-state index contributed by atoms with van der Waals surface area (Å²) in [7, 11) is 0. The molecule has 3 rings (SSSR count). The van der Waals surface area contributed by atoms with Gasteiger partial charge >= 0.3 is 0 Å². The third-order valence-electron chi connectivity index (χ3n) is 3.81. The van der Waals surface area contributed by atoms with Crippen molar-refractivity contribution in [2.24, 2.45) is 5.84 Å². The maximum atomic E-state index is 6.01. The molecule has 2 atom stereocenters. The smallest absolute Gasteiger partial charge is 0.134 e. The monoisotopic (exact) mass is 296 g/mol. The van der Waals surface area contributed by atoms with Crippen LogP contribution >= 0.6 is 23.4 Å². The van der Waals surface area contributed by atoms with Gasteiger partial charge in [0.1, 0.15) is 11.3 Å². The number of hydrogen-bond donors (Lipinski definition) is 2. The molecule has 0 amide bonds. The van der Waals surface area contributed by atoms with E-state index < -0.39 is 0 Å². The first-order valence-electron chi connectivity index (χ1n) is 6.41. The van der Waals surface area contributed by atoms with Gasteiger partial charge in [0.05, 0.1) is 6.04 Å². The Labute approximate surface area is 121 Å². The highest BCUT2D eigenvalue weighted by atomic mass is 35.5. The predicted octanol–water partition coefficient (Wildman–Crippen LogP) is 3.88. The van der Waals surface area contributed by atoms with Gasteiger partial charge in [0, 0.05) is 15.2 Å². The highest BCUT2D eigenvalue weighted by Crippen LogP contribution is 2.47. The molecule has 1 fully saturated rings. The molecule has 1 saturated heterocycles. The van der Waals surface area contributed by atoms with Crippen LogP contribution in [0.25, 0.3) is 11.0 Å². The van der Waals surface area contributed by atoms with Crippen LogP contribution in [0.5, 0.6) is 0 Å². The van der Waals surface area contributed by atoms with Crippen LogP contribution < -0.4 is 11.3 Å². The normalized spacial score (nSPS) is 25.0. The minimum atomic E-state index is 0.0196. The van der Waals surface area contributed by atoms with Gasteiger partial charge < -0.3 is 4.42 Å². The lowest BCUT2D eigenvalue weighted by atomic mass is 9.94. The summed E-state index contributed by atoms with van der Waals surface area (Å²) in [5.74, 6) is 7.84. The lowest BCUT2D eigenvalue weighted by Crippen LogP contribution is -2.41. The number of thioether (sulfide) groups is 1. The van der Waals surface area contributed by atoms with Crippen molar-refractivity contribution >= 4 is 34.3 Å². The molecule has 0 saturated carbocycles. The zero-order valence-corrected chi connectivity index (χ0v) is 12.4. The first kappa shape index (κ1) is 13.3. The second kappa shape index (κ2) is 5.02. The molecule has 3 nitrogen and oxygen atoms in total. The maximum absolute atomic E-state index is 6.01. The minimum Gasteiger partial charge on any atom is -0.459 e. The first-order valence-corrected chi connectivity index (χ1v) is 7.78.